The van der Waals surface area contributed by atoms with E-state index in [0.29, 0.717) is 6.04 Å². The minimum absolute atomic E-state index is 0.0916. The molecule has 1 fully saturated rings. The van der Waals surface area contributed by atoms with E-state index in [1.54, 1.807) is 0 Å². The van der Waals surface area contributed by atoms with Crippen LogP contribution in [0.15, 0.2) is 40.4 Å². The average Bonchev–Trinajstić information content (AvgIpc) is 2.56. The summed E-state index contributed by atoms with van der Waals surface area (Å²) in [6.45, 7) is 6.98. The Hall–Kier alpha value is -1.92. The second kappa shape index (κ2) is 7.97. The summed E-state index contributed by atoms with van der Waals surface area (Å²) in [6.07, 6.45) is 1.79. The van der Waals surface area contributed by atoms with Crippen molar-refractivity contribution in [3.8, 4) is 0 Å². The number of anilines is 1. The minimum atomic E-state index is 0.0916. The number of nitrogens with zero attached hydrogens (tertiary/aromatic N) is 2. The first-order chi connectivity index (χ1) is 12.0. The van der Waals surface area contributed by atoms with E-state index in [4.69, 9.17) is 0 Å². The van der Waals surface area contributed by atoms with Gasteiger partial charge in [0.1, 0.15) is 0 Å². The normalized spacial score (nSPS) is 20.3. The van der Waals surface area contributed by atoms with E-state index < -0.39 is 0 Å². The van der Waals surface area contributed by atoms with Gasteiger partial charge in [-0.1, -0.05) is 0 Å². The molecule has 0 saturated carbocycles. The van der Waals surface area contributed by atoms with E-state index >= 15 is 0 Å². The maximum atomic E-state index is 12.4. The highest BCUT2D eigenvalue weighted by Crippen LogP contribution is 2.27. The van der Waals surface area contributed by atoms with Crippen LogP contribution in [0, 0.1) is 19.8 Å². The van der Waals surface area contributed by atoms with Gasteiger partial charge < -0.3 is 10.6 Å². The van der Waals surface area contributed by atoms with Crippen LogP contribution in [-0.2, 0) is 4.79 Å². The maximum Gasteiger partial charge on any atom is 0.227 e. The van der Waals surface area contributed by atoms with E-state index in [2.05, 4.69) is 27.5 Å². The molecule has 1 aromatic heterocycles. The lowest BCUT2D eigenvalue weighted by molar-refractivity contribution is -0.120. The van der Waals surface area contributed by atoms with Gasteiger partial charge in [0.05, 0.1) is 0 Å². The Bertz CT molecular complexity index is 727. The molecule has 3 rings (SSSR count). The largest absolute Gasteiger partial charge is 0.326 e. The van der Waals surface area contributed by atoms with Crippen molar-refractivity contribution in [2.24, 2.45) is 5.92 Å². The molecule has 0 radical (unpaired) electrons. The molecular formula is C19H24N4OS. The van der Waals surface area contributed by atoms with Gasteiger partial charge in [-0.05, 0) is 82.3 Å². The van der Waals surface area contributed by atoms with E-state index in [9.17, 15) is 4.79 Å². The molecule has 1 aromatic carbocycles. The smallest absolute Gasteiger partial charge is 0.227 e. The molecule has 0 unspecified atom stereocenters. The van der Waals surface area contributed by atoms with Crippen LogP contribution in [0.3, 0.4) is 0 Å². The Morgan fingerprint density at radius 2 is 1.88 bits per heavy atom. The molecule has 6 heteroatoms. The van der Waals surface area contributed by atoms with E-state index in [-0.39, 0.29) is 11.8 Å². The summed E-state index contributed by atoms with van der Waals surface area (Å²) < 4.78 is 0. The summed E-state index contributed by atoms with van der Waals surface area (Å²) in [5, 5.41) is 7.16. The van der Waals surface area contributed by atoms with Crippen molar-refractivity contribution in [2.75, 3.05) is 11.9 Å². The van der Waals surface area contributed by atoms with Crippen LogP contribution in [0.4, 0.5) is 5.69 Å². The number of rotatable bonds is 4. The molecule has 0 spiro atoms. The Labute approximate surface area is 153 Å². The second-order valence-electron chi connectivity index (χ2n) is 6.63. The van der Waals surface area contributed by atoms with Gasteiger partial charge in [0.15, 0.2) is 5.16 Å². The third-order valence-corrected chi connectivity index (χ3v) is 5.16. The number of aromatic nitrogens is 2. The van der Waals surface area contributed by atoms with Crippen LogP contribution < -0.4 is 10.6 Å². The van der Waals surface area contributed by atoms with Crippen molar-refractivity contribution in [1.29, 1.82) is 0 Å². The number of benzene rings is 1. The predicted molar refractivity (Wildman–Crippen MR) is 101 cm³/mol. The number of carbonyl (C=O) groups excluding carboxylic acids is 1. The Morgan fingerprint density at radius 3 is 2.52 bits per heavy atom. The number of hydrogen-bond donors (Lipinski definition) is 2. The molecule has 1 amide bonds. The monoisotopic (exact) mass is 356 g/mol. The number of nitrogens with one attached hydrogen (secondary N) is 2. The van der Waals surface area contributed by atoms with Gasteiger partial charge in [0.25, 0.3) is 0 Å². The summed E-state index contributed by atoms with van der Waals surface area (Å²) in [6, 6.07) is 10.2. The summed E-state index contributed by atoms with van der Waals surface area (Å²) >= 11 is 1.53. The van der Waals surface area contributed by atoms with Crippen molar-refractivity contribution in [2.45, 2.75) is 49.7 Å². The zero-order valence-electron chi connectivity index (χ0n) is 14.9. The van der Waals surface area contributed by atoms with Crippen LogP contribution >= 0.6 is 11.8 Å². The molecular weight excluding hydrogens is 332 g/mol. The summed E-state index contributed by atoms with van der Waals surface area (Å²) in [7, 11) is 0. The first kappa shape index (κ1) is 17.9. The third kappa shape index (κ3) is 5.03. The van der Waals surface area contributed by atoms with Gasteiger partial charge >= 0.3 is 0 Å². The van der Waals surface area contributed by atoms with Crippen molar-refractivity contribution < 1.29 is 4.79 Å². The minimum Gasteiger partial charge on any atom is -0.326 e. The van der Waals surface area contributed by atoms with Crippen molar-refractivity contribution in [1.82, 2.24) is 15.3 Å². The molecule has 1 aliphatic heterocycles. The Morgan fingerprint density at radius 1 is 1.20 bits per heavy atom. The molecule has 1 saturated heterocycles. The molecule has 2 N–H and O–H groups in total. The predicted octanol–water partition coefficient (Wildman–Crippen LogP) is 3.57. The number of carbonyl (C=O) groups is 1. The summed E-state index contributed by atoms with van der Waals surface area (Å²) in [5.41, 5.74) is 2.77. The van der Waals surface area contributed by atoms with E-state index in [1.807, 2.05) is 44.2 Å². The van der Waals surface area contributed by atoms with Gasteiger partial charge in [0, 0.05) is 33.9 Å². The van der Waals surface area contributed by atoms with E-state index in [0.717, 1.165) is 46.5 Å². The molecule has 5 nitrogen and oxygen atoms in total. The number of piperidine rings is 1. The molecule has 1 aliphatic rings. The van der Waals surface area contributed by atoms with Gasteiger partial charge in [0.2, 0.25) is 5.91 Å². The zero-order chi connectivity index (χ0) is 17.8. The molecule has 25 heavy (non-hydrogen) atoms. The Kier molecular flexibility index (Phi) is 5.71. The lowest BCUT2D eigenvalue weighted by atomic mass is 9.92. The fourth-order valence-electron chi connectivity index (χ4n) is 3.07. The highest BCUT2D eigenvalue weighted by molar-refractivity contribution is 7.99. The standard InChI is InChI=1S/C19H24N4OS/c1-12-11-15(8-9-20-12)18(24)23-16-4-6-17(7-5-16)25-19-21-13(2)10-14(3)22-19/h4-7,10,12,15,20H,8-9,11H2,1-3H3,(H,23,24)/t12-,15-/m0/s1. The lowest BCUT2D eigenvalue weighted by Crippen LogP contribution is -2.40. The molecule has 0 bridgehead atoms. The number of aryl methyl sites for hydroxylation is 2. The van der Waals surface area contributed by atoms with Gasteiger partial charge in [-0.3, -0.25) is 4.79 Å². The molecule has 2 atom stereocenters. The van der Waals surface area contributed by atoms with Crippen molar-refractivity contribution >= 4 is 23.4 Å². The van der Waals surface area contributed by atoms with Gasteiger partial charge in [-0.25, -0.2) is 9.97 Å². The van der Waals surface area contributed by atoms with Crippen LogP contribution in [0.2, 0.25) is 0 Å². The number of hydrogen-bond acceptors (Lipinski definition) is 5. The van der Waals surface area contributed by atoms with Crippen molar-refractivity contribution in [3.63, 3.8) is 0 Å². The van der Waals surface area contributed by atoms with E-state index in [1.165, 1.54) is 11.8 Å². The van der Waals surface area contributed by atoms with Crippen LogP contribution in [0.1, 0.15) is 31.2 Å². The first-order valence-corrected chi connectivity index (χ1v) is 9.46. The van der Waals surface area contributed by atoms with Gasteiger partial charge in [-0.2, -0.15) is 0 Å². The topological polar surface area (TPSA) is 66.9 Å². The molecule has 0 aliphatic carbocycles. The average molecular weight is 356 g/mol. The molecule has 2 aromatic rings. The van der Waals surface area contributed by atoms with Crippen LogP contribution in [0.5, 0.6) is 0 Å². The highest BCUT2D eigenvalue weighted by atomic mass is 32.2. The third-order valence-electron chi connectivity index (χ3n) is 4.29. The lowest BCUT2D eigenvalue weighted by Gasteiger charge is -2.27. The summed E-state index contributed by atoms with van der Waals surface area (Å²) in [5.74, 6) is 0.209. The van der Waals surface area contributed by atoms with Crippen LogP contribution in [0.25, 0.3) is 0 Å². The zero-order valence-corrected chi connectivity index (χ0v) is 15.7. The SMILES string of the molecule is Cc1cc(C)nc(Sc2ccc(NC(=O)[C@H]3CCN[C@@H](C)C3)cc2)n1. The number of amides is 1. The molecule has 132 valence electrons. The van der Waals surface area contributed by atoms with Crippen LogP contribution in [-0.4, -0.2) is 28.5 Å². The summed E-state index contributed by atoms with van der Waals surface area (Å²) in [4.78, 5) is 22.3. The second-order valence-corrected chi connectivity index (χ2v) is 7.67. The van der Waals surface area contributed by atoms with Crippen molar-refractivity contribution in [3.05, 3.63) is 41.7 Å². The molecule has 2 heterocycles. The first-order valence-electron chi connectivity index (χ1n) is 8.64. The van der Waals surface area contributed by atoms with Gasteiger partial charge in [-0.15, -0.1) is 0 Å². The fraction of sp³-hybridized carbons (Fsp3) is 0.421. The fourth-order valence-corrected chi connectivity index (χ4v) is 3.93. The maximum absolute atomic E-state index is 12.4. The Balaban J connectivity index is 1.61. The highest BCUT2D eigenvalue weighted by Gasteiger charge is 2.24. The quantitative estimate of drug-likeness (QED) is 0.820.